The molecule has 0 spiro atoms. The van der Waals surface area contributed by atoms with Gasteiger partial charge in [-0.05, 0) is 54.2 Å². The van der Waals surface area contributed by atoms with E-state index in [1.165, 1.54) is 30.1 Å². The summed E-state index contributed by atoms with van der Waals surface area (Å²) in [5, 5.41) is 6.65. The third-order valence-electron chi connectivity index (χ3n) is 7.12. The number of aryl methyl sites for hydroxylation is 1. The molecule has 0 bridgehead atoms. The summed E-state index contributed by atoms with van der Waals surface area (Å²) >= 11 is 0. The van der Waals surface area contributed by atoms with Gasteiger partial charge in [-0.3, -0.25) is 14.8 Å². The number of carbonyl (C=O) groups is 2. The molecular weight excluding hydrogens is 504 g/mol. The van der Waals surface area contributed by atoms with E-state index in [-0.39, 0.29) is 22.9 Å². The molecule has 0 saturated heterocycles. The molecule has 0 unspecified atom stereocenters. The molecule has 1 heterocycles. The summed E-state index contributed by atoms with van der Waals surface area (Å²) in [6.45, 7) is 1.73. The molecule has 0 aliphatic heterocycles. The standard InChI is InChI=1S/C30H27F2N3O4/c1-18(19-7-5-4-6-8-19)39-29(37)34-27-23(17-33-35(27)2)26-24(31)15-21(16-25(26)32)20-9-11-22(12-10-20)30(13-14-30)28(36)38-3/h4-12,15-18H,13-14H2,1-3H3,(H,34,37)/t18-/m1/s1. The van der Waals surface area contributed by atoms with Crippen LogP contribution in [0.4, 0.5) is 19.4 Å². The number of nitrogens with one attached hydrogen (secondary N) is 1. The van der Waals surface area contributed by atoms with Crippen LogP contribution < -0.4 is 5.32 Å². The van der Waals surface area contributed by atoms with Crippen LogP contribution in [0.2, 0.25) is 0 Å². The molecule has 1 amide bonds. The second kappa shape index (κ2) is 10.3. The Labute approximate surface area is 224 Å². The van der Waals surface area contributed by atoms with Crippen molar-refractivity contribution in [3.05, 3.63) is 95.7 Å². The molecule has 0 radical (unpaired) electrons. The minimum atomic E-state index is -0.815. The predicted octanol–water partition coefficient (Wildman–Crippen LogP) is 6.55. The first-order valence-corrected chi connectivity index (χ1v) is 12.5. The summed E-state index contributed by atoms with van der Waals surface area (Å²) < 4.78 is 42.5. The first kappa shape index (κ1) is 26.1. The van der Waals surface area contributed by atoms with Crippen LogP contribution in [-0.2, 0) is 26.7 Å². The van der Waals surface area contributed by atoms with Gasteiger partial charge in [0.25, 0.3) is 0 Å². The molecule has 39 heavy (non-hydrogen) atoms. The van der Waals surface area contributed by atoms with E-state index in [4.69, 9.17) is 9.47 Å². The average molecular weight is 532 g/mol. The number of amides is 1. The number of hydrogen-bond donors (Lipinski definition) is 1. The molecule has 5 rings (SSSR count). The van der Waals surface area contributed by atoms with Crippen molar-refractivity contribution >= 4 is 17.9 Å². The minimum absolute atomic E-state index is 0.0764. The average Bonchev–Trinajstić information content (AvgIpc) is 3.68. The summed E-state index contributed by atoms with van der Waals surface area (Å²) in [5.41, 5.74) is 1.66. The zero-order valence-corrected chi connectivity index (χ0v) is 21.7. The highest BCUT2D eigenvalue weighted by molar-refractivity contribution is 5.90. The zero-order valence-electron chi connectivity index (χ0n) is 21.7. The fourth-order valence-corrected chi connectivity index (χ4v) is 4.76. The first-order valence-electron chi connectivity index (χ1n) is 12.5. The number of esters is 1. The van der Waals surface area contributed by atoms with Gasteiger partial charge in [-0.2, -0.15) is 5.10 Å². The zero-order chi connectivity index (χ0) is 27.7. The van der Waals surface area contributed by atoms with E-state index in [2.05, 4.69) is 10.4 Å². The molecule has 3 aromatic carbocycles. The molecule has 4 aromatic rings. The quantitative estimate of drug-likeness (QED) is 0.274. The topological polar surface area (TPSA) is 82.5 Å². The van der Waals surface area contributed by atoms with Crippen LogP contribution >= 0.6 is 0 Å². The van der Waals surface area contributed by atoms with E-state index in [0.29, 0.717) is 24.0 Å². The molecule has 1 aliphatic carbocycles. The van der Waals surface area contributed by atoms with E-state index in [1.807, 2.05) is 30.3 Å². The maximum absolute atomic E-state index is 15.4. The Morgan fingerprint density at radius 3 is 2.23 bits per heavy atom. The number of anilines is 1. The van der Waals surface area contributed by atoms with Crippen LogP contribution in [0.3, 0.4) is 0 Å². The number of halogens is 2. The highest BCUT2D eigenvalue weighted by Gasteiger charge is 2.52. The number of rotatable bonds is 7. The Bertz CT molecular complexity index is 1510. The number of aromatic nitrogens is 2. The number of hydrogen-bond acceptors (Lipinski definition) is 5. The van der Waals surface area contributed by atoms with Crippen molar-refractivity contribution in [3.63, 3.8) is 0 Å². The van der Waals surface area contributed by atoms with Crippen molar-refractivity contribution in [3.8, 4) is 22.3 Å². The number of benzene rings is 3. The molecule has 200 valence electrons. The van der Waals surface area contributed by atoms with Gasteiger partial charge in [-0.1, -0.05) is 54.6 Å². The van der Waals surface area contributed by atoms with Gasteiger partial charge >= 0.3 is 12.1 Å². The van der Waals surface area contributed by atoms with Crippen LogP contribution in [0.15, 0.2) is 72.9 Å². The van der Waals surface area contributed by atoms with Gasteiger partial charge in [0.05, 0.1) is 29.8 Å². The monoisotopic (exact) mass is 531 g/mol. The number of ether oxygens (including phenoxy) is 2. The largest absolute Gasteiger partial charge is 0.468 e. The Kier molecular flexibility index (Phi) is 6.91. The molecule has 1 atom stereocenters. The lowest BCUT2D eigenvalue weighted by Crippen LogP contribution is -2.21. The van der Waals surface area contributed by atoms with Crippen LogP contribution in [0.25, 0.3) is 22.3 Å². The van der Waals surface area contributed by atoms with Crippen LogP contribution in [-0.4, -0.2) is 29.0 Å². The van der Waals surface area contributed by atoms with E-state index < -0.39 is 29.2 Å². The van der Waals surface area contributed by atoms with Crippen LogP contribution in [0.1, 0.15) is 37.0 Å². The predicted molar refractivity (Wildman–Crippen MR) is 142 cm³/mol. The molecule has 9 heteroatoms. The Balaban J connectivity index is 1.38. The summed E-state index contributed by atoms with van der Waals surface area (Å²) in [7, 11) is 2.91. The van der Waals surface area contributed by atoms with Gasteiger partial charge in [-0.15, -0.1) is 0 Å². The fraction of sp³-hybridized carbons (Fsp3) is 0.233. The van der Waals surface area contributed by atoms with Gasteiger partial charge in [0.15, 0.2) is 0 Å². The van der Waals surface area contributed by atoms with Gasteiger partial charge in [0.2, 0.25) is 0 Å². The van der Waals surface area contributed by atoms with Gasteiger partial charge in [0, 0.05) is 7.05 Å². The lowest BCUT2D eigenvalue weighted by Gasteiger charge is -2.16. The third-order valence-corrected chi connectivity index (χ3v) is 7.12. The summed E-state index contributed by atoms with van der Waals surface area (Å²) in [6, 6.07) is 18.7. The van der Waals surface area contributed by atoms with Crippen LogP contribution in [0, 0.1) is 11.6 Å². The highest BCUT2D eigenvalue weighted by Crippen LogP contribution is 2.49. The highest BCUT2D eigenvalue weighted by atomic mass is 19.1. The maximum Gasteiger partial charge on any atom is 0.413 e. The van der Waals surface area contributed by atoms with Gasteiger partial charge in [0.1, 0.15) is 23.6 Å². The summed E-state index contributed by atoms with van der Waals surface area (Å²) in [5.74, 6) is -1.82. The van der Waals surface area contributed by atoms with Crippen molar-refractivity contribution < 1.29 is 27.8 Å². The van der Waals surface area contributed by atoms with Crippen LogP contribution in [0.5, 0.6) is 0 Å². The number of methoxy groups -OCH3 is 1. The molecular formula is C30H27F2N3O4. The lowest BCUT2D eigenvalue weighted by molar-refractivity contribution is -0.143. The first-order chi connectivity index (χ1) is 18.7. The lowest BCUT2D eigenvalue weighted by atomic mass is 9.93. The second-order valence-electron chi connectivity index (χ2n) is 9.58. The molecule has 1 aromatic heterocycles. The fourth-order valence-electron chi connectivity index (χ4n) is 4.76. The Morgan fingerprint density at radius 1 is 1.00 bits per heavy atom. The molecule has 1 aliphatic rings. The van der Waals surface area contributed by atoms with E-state index >= 15 is 8.78 Å². The molecule has 1 N–H and O–H groups in total. The Morgan fingerprint density at radius 2 is 1.64 bits per heavy atom. The van der Waals surface area contributed by atoms with Crippen molar-refractivity contribution in [1.82, 2.24) is 9.78 Å². The smallest absolute Gasteiger partial charge is 0.413 e. The summed E-state index contributed by atoms with van der Waals surface area (Å²) in [4.78, 5) is 24.8. The minimum Gasteiger partial charge on any atom is -0.468 e. The molecule has 7 nitrogen and oxygen atoms in total. The molecule has 1 saturated carbocycles. The van der Waals surface area contributed by atoms with Gasteiger partial charge in [-0.25, -0.2) is 13.6 Å². The number of carbonyl (C=O) groups excluding carboxylic acids is 2. The second-order valence-corrected chi connectivity index (χ2v) is 9.58. The van der Waals surface area contributed by atoms with E-state index in [1.54, 1.807) is 38.2 Å². The van der Waals surface area contributed by atoms with Crippen molar-refractivity contribution in [2.45, 2.75) is 31.3 Å². The number of nitrogens with zero attached hydrogens (tertiary/aromatic N) is 2. The van der Waals surface area contributed by atoms with E-state index in [9.17, 15) is 9.59 Å². The van der Waals surface area contributed by atoms with Gasteiger partial charge < -0.3 is 9.47 Å². The normalized spacial score (nSPS) is 14.4. The molecule has 1 fully saturated rings. The van der Waals surface area contributed by atoms with Crippen molar-refractivity contribution in [1.29, 1.82) is 0 Å². The van der Waals surface area contributed by atoms with Crippen molar-refractivity contribution in [2.75, 3.05) is 12.4 Å². The Hall–Kier alpha value is -4.53. The SMILES string of the molecule is COC(=O)C1(c2ccc(-c3cc(F)c(-c4cnn(C)c4NC(=O)O[C@H](C)c4ccccc4)c(F)c3)cc2)CC1. The van der Waals surface area contributed by atoms with Crippen molar-refractivity contribution in [2.24, 2.45) is 7.05 Å². The summed E-state index contributed by atoms with van der Waals surface area (Å²) in [6.07, 6.45) is 1.38. The van der Waals surface area contributed by atoms with E-state index in [0.717, 1.165) is 11.1 Å². The maximum atomic E-state index is 15.4. The third kappa shape index (κ3) is 4.99.